The van der Waals surface area contributed by atoms with Crippen molar-refractivity contribution in [3.8, 4) is 5.75 Å². The van der Waals surface area contributed by atoms with Crippen molar-refractivity contribution in [2.24, 2.45) is 0 Å². The quantitative estimate of drug-likeness (QED) is 0.232. The maximum absolute atomic E-state index is 13.8. The number of amides is 1. The first-order chi connectivity index (χ1) is 18.0. The predicted molar refractivity (Wildman–Crippen MR) is 146 cm³/mol. The summed E-state index contributed by atoms with van der Waals surface area (Å²) in [6.07, 6.45) is 4.59. The second-order valence-corrected chi connectivity index (χ2v) is 9.97. The minimum atomic E-state index is -0.538. The van der Waals surface area contributed by atoms with Gasteiger partial charge >= 0.3 is 0 Å². The van der Waals surface area contributed by atoms with Gasteiger partial charge in [0.05, 0.1) is 23.6 Å². The smallest absolute Gasteiger partial charge is 0.291 e. The fourth-order valence-corrected chi connectivity index (χ4v) is 5.00. The van der Waals surface area contributed by atoms with Crippen LogP contribution in [0.1, 0.15) is 77.0 Å². The molecule has 4 aromatic rings. The van der Waals surface area contributed by atoms with E-state index in [1.54, 1.807) is 11.0 Å². The fourth-order valence-electron chi connectivity index (χ4n) is 5.00. The average Bonchev–Trinajstić information content (AvgIpc) is 3.17. The van der Waals surface area contributed by atoms with E-state index in [0.717, 1.165) is 40.8 Å². The first-order valence-corrected chi connectivity index (χ1v) is 13.1. The van der Waals surface area contributed by atoms with Crippen molar-refractivity contribution >= 4 is 16.9 Å². The van der Waals surface area contributed by atoms with Gasteiger partial charge in [-0.25, -0.2) is 0 Å². The molecule has 1 amide bonds. The molecule has 5 heteroatoms. The number of hydrogen-bond donors (Lipinski definition) is 0. The number of nitrogens with zero attached hydrogens (tertiary/aromatic N) is 1. The fraction of sp³-hybridized carbons (Fsp3) is 0.312. The molecule has 190 valence electrons. The number of aryl methyl sites for hydroxylation is 2. The highest BCUT2D eigenvalue weighted by Crippen LogP contribution is 2.39. The van der Waals surface area contributed by atoms with E-state index in [0.29, 0.717) is 29.7 Å². The zero-order valence-corrected chi connectivity index (χ0v) is 21.8. The monoisotopic (exact) mass is 495 g/mol. The predicted octanol–water partition coefficient (Wildman–Crippen LogP) is 7.11. The van der Waals surface area contributed by atoms with Crippen LogP contribution in [0.25, 0.3) is 11.0 Å². The highest BCUT2D eigenvalue weighted by Gasteiger charge is 2.42. The summed E-state index contributed by atoms with van der Waals surface area (Å²) in [6, 6.07) is 20.8. The van der Waals surface area contributed by atoms with Crippen LogP contribution in [0.4, 0.5) is 0 Å². The Morgan fingerprint density at radius 1 is 0.865 bits per heavy atom. The average molecular weight is 496 g/mol. The molecule has 5 nitrogen and oxygen atoms in total. The van der Waals surface area contributed by atoms with Crippen molar-refractivity contribution in [3.05, 3.63) is 111 Å². The molecule has 0 saturated carbocycles. The summed E-state index contributed by atoms with van der Waals surface area (Å²) in [5.74, 6) is 0.655. The van der Waals surface area contributed by atoms with Crippen molar-refractivity contribution in [1.82, 2.24) is 4.90 Å². The van der Waals surface area contributed by atoms with E-state index in [1.807, 2.05) is 74.5 Å². The third-order valence-corrected chi connectivity index (χ3v) is 7.06. The van der Waals surface area contributed by atoms with E-state index in [4.69, 9.17) is 9.15 Å². The SMILES string of the molecule is CCCCCCOc1ccc(C2c3c(oc4ccc(C)cc4c3=O)C(=O)N2Cc2ccc(C)cc2)cc1. The van der Waals surface area contributed by atoms with Crippen LogP contribution in [0.3, 0.4) is 0 Å². The van der Waals surface area contributed by atoms with Crippen molar-refractivity contribution < 1.29 is 13.9 Å². The molecular weight excluding hydrogens is 462 g/mol. The van der Waals surface area contributed by atoms with Crippen LogP contribution in [0.2, 0.25) is 0 Å². The highest BCUT2D eigenvalue weighted by molar-refractivity contribution is 5.99. The minimum Gasteiger partial charge on any atom is -0.494 e. The molecular formula is C32H33NO4. The molecule has 0 spiro atoms. The van der Waals surface area contributed by atoms with Crippen LogP contribution >= 0.6 is 0 Å². The lowest BCUT2D eigenvalue weighted by Crippen LogP contribution is -2.29. The molecule has 0 N–H and O–H groups in total. The molecule has 5 rings (SSSR count). The molecule has 37 heavy (non-hydrogen) atoms. The molecule has 0 aliphatic carbocycles. The van der Waals surface area contributed by atoms with Gasteiger partial charge in [-0.2, -0.15) is 0 Å². The lowest BCUT2D eigenvalue weighted by molar-refractivity contribution is 0.0714. The molecule has 3 aromatic carbocycles. The normalized spacial score (nSPS) is 14.8. The number of hydrogen-bond acceptors (Lipinski definition) is 4. The second kappa shape index (κ2) is 10.6. The lowest BCUT2D eigenvalue weighted by atomic mass is 9.97. The summed E-state index contributed by atoms with van der Waals surface area (Å²) < 4.78 is 12.0. The Labute approximate surface area is 217 Å². The molecule has 0 bridgehead atoms. The van der Waals surface area contributed by atoms with Crippen LogP contribution in [0, 0.1) is 13.8 Å². The number of carbonyl (C=O) groups excluding carboxylic acids is 1. The van der Waals surface area contributed by atoms with Gasteiger partial charge < -0.3 is 14.1 Å². The molecule has 1 aliphatic rings. The van der Waals surface area contributed by atoms with Gasteiger partial charge in [0.2, 0.25) is 5.76 Å². The summed E-state index contributed by atoms with van der Waals surface area (Å²) >= 11 is 0. The Morgan fingerprint density at radius 3 is 2.32 bits per heavy atom. The molecule has 1 aromatic heterocycles. The van der Waals surface area contributed by atoms with Crippen LogP contribution in [0.5, 0.6) is 5.75 Å². The van der Waals surface area contributed by atoms with E-state index in [-0.39, 0.29) is 17.1 Å². The number of fused-ring (bicyclic) bond motifs is 2. The van der Waals surface area contributed by atoms with Crippen LogP contribution < -0.4 is 10.2 Å². The van der Waals surface area contributed by atoms with Crippen molar-refractivity contribution in [3.63, 3.8) is 0 Å². The van der Waals surface area contributed by atoms with Gasteiger partial charge in [0, 0.05) is 6.54 Å². The molecule has 1 atom stereocenters. The third-order valence-electron chi connectivity index (χ3n) is 7.06. The Kier molecular flexibility index (Phi) is 7.13. The zero-order valence-electron chi connectivity index (χ0n) is 21.8. The number of rotatable bonds is 9. The molecule has 0 fully saturated rings. The number of benzene rings is 3. The van der Waals surface area contributed by atoms with Crippen LogP contribution in [-0.2, 0) is 6.54 Å². The summed E-state index contributed by atoms with van der Waals surface area (Å²) in [5.41, 5.74) is 4.67. The third kappa shape index (κ3) is 5.04. The van der Waals surface area contributed by atoms with Crippen LogP contribution in [0.15, 0.2) is 75.9 Å². The van der Waals surface area contributed by atoms with E-state index >= 15 is 0 Å². The van der Waals surface area contributed by atoms with E-state index in [2.05, 4.69) is 6.92 Å². The topological polar surface area (TPSA) is 59.8 Å². The number of carbonyl (C=O) groups is 1. The zero-order chi connectivity index (χ0) is 25.9. The van der Waals surface area contributed by atoms with E-state index in [1.165, 1.54) is 12.8 Å². The maximum Gasteiger partial charge on any atom is 0.291 e. The summed E-state index contributed by atoms with van der Waals surface area (Å²) in [6.45, 7) is 7.22. The van der Waals surface area contributed by atoms with Gasteiger partial charge in [-0.1, -0.05) is 79.8 Å². The molecule has 0 saturated heterocycles. The molecule has 1 unspecified atom stereocenters. The van der Waals surface area contributed by atoms with Crippen molar-refractivity contribution in [2.45, 2.75) is 59.0 Å². The standard InChI is InChI=1S/C32H33NO4/c1-4-5-6-7-18-36-25-15-13-24(14-16-25)29-28-30(34)26-19-22(3)10-17-27(26)37-31(28)32(35)33(29)20-23-11-8-21(2)9-12-23/h8-17,19,29H,4-7,18,20H2,1-3H3. The second-order valence-electron chi connectivity index (χ2n) is 9.97. The Bertz CT molecular complexity index is 1470. The van der Waals surface area contributed by atoms with Gasteiger partial charge in [-0.05, 0) is 55.7 Å². The van der Waals surface area contributed by atoms with Gasteiger partial charge in [0.15, 0.2) is 5.43 Å². The first kappa shape index (κ1) is 24.8. The van der Waals surface area contributed by atoms with Crippen molar-refractivity contribution in [1.29, 1.82) is 0 Å². The Balaban J connectivity index is 1.53. The summed E-state index contributed by atoms with van der Waals surface area (Å²) in [4.78, 5) is 29.2. The summed E-state index contributed by atoms with van der Waals surface area (Å²) in [7, 11) is 0. The Morgan fingerprint density at radius 2 is 1.59 bits per heavy atom. The van der Waals surface area contributed by atoms with Crippen molar-refractivity contribution in [2.75, 3.05) is 6.61 Å². The largest absolute Gasteiger partial charge is 0.494 e. The first-order valence-electron chi connectivity index (χ1n) is 13.1. The van der Waals surface area contributed by atoms with Crippen LogP contribution in [-0.4, -0.2) is 17.4 Å². The minimum absolute atomic E-state index is 0.134. The van der Waals surface area contributed by atoms with Gasteiger partial charge in [0.1, 0.15) is 11.3 Å². The number of ether oxygens (including phenoxy) is 1. The Hall–Kier alpha value is -3.86. The van der Waals surface area contributed by atoms with E-state index in [9.17, 15) is 9.59 Å². The maximum atomic E-state index is 13.8. The highest BCUT2D eigenvalue weighted by atomic mass is 16.5. The lowest BCUT2D eigenvalue weighted by Gasteiger charge is -2.25. The molecule has 2 heterocycles. The number of unbranched alkanes of at least 4 members (excludes halogenated alkanes) is 3. The van der Waals surface area contributed by atoms with E-state index < -0.39 is 6.04 Å². The van der Waals surface area contributed by atoms with Gasteiger partial charge in [-0.15, -0.1) is 0 Å². The molecule has 0 radical (unpaired) electrons. The van der Waals surface area contributed by atoms with Gasteiger partial charge in [0.25, 0.3) is 5.91 Å². The summed E-state index contributed by atoms with van der Waals surface area (Å²) in [5, 5.41) is 0.501. The van der Waals surface area contributed by atoms with Gasteiger partial charge in [-0.3, -0.25) is 9.59 Å². The molecule has 1 aliphatic heterocycles.